The molecule has 0 aromatic carbocycles. The number of esters is 1. The van der Waals surface area contributed by atoms with E-state index in [1.807, 2.05) is 0 Å². The van der Waals surface area contributed by atoms with E-state index in [0.29, 0.717) is 32.2 Å². The number of hydrogen-bond donors (Lipinski definition) is 3. The number of unbranched alkanes of at least 4 members (excludes halogenated alkanes) is 27. The van der Waals surface area contributed by atoms with Crippen LogP contribution in [-0.4, -0.2) is 41.6 Å². The molecule has 0 aliphatic rings. The molecule has 4 N–H and O–H groups in total. The zero-order valence-electron chi connectivity index (χ0n) is 34.0. The number of carbonyl (C=O) groups is 3. The van der Waals surface area contributed by atoms with Crippen LogP contribution in [0.5, 0.6) is 0 Å². The first-order valence-electron chi connectivity index (χ1n) is 22.4. The first-order chi connectivity index (χ1) is 24.9. The fourth-order valence-corrected chi connectivity index (χ4v) is 7.04. The summed E-state index contributed by atoms with van der Waals surface area (Å²) in [5.41, 5.74) is 5.48. The lowest BCUT2D eigenvalue weighted by molar-refractivity contribution is -0.150. The Kier molecular flexibility index (Phi) is 38.3. The minimum absolute atomic E-state index is 0.0153. The summed E-state index contributed by atoms with van der Waals surface area (Å²) in [7, 11) is 0. The molecule has 0 aromatic rings. The summed E-state index contributed by atoms with van der Waals surface area (Å²) in [6, 6.07) is -0.851. The number of ether oxygens (including phenoxy) is 1. The summed E-state index contributed by atoms with van der Waals surface area (Å²) in [6.45, 7) is 4.96. The van der Waals surface area contributed by atoms with Gasteiger partial charge in [-0.1, -0.05) is 181 Å². The van der Waals surface area contributed by atoms with Gasteiger partial charge in [0.05, 0.1) is 0 Å². The second-order valence-corrected chi connectivity index (χ2v) is 15.5. The van der Waals surface area contributed by atoms with Gasteiger partial charge in [-0.05, 0) is 57.9 Å². The van der Waals surface area contributed by atoms with E-state index >= 15 is 0 Å². The summed E-state index contributed by atoms with van der Waals surface area (Å²) < 4.78 is 6.04. The van der Waals surface area contributed by atoms with Crippen LogP contribution in [0.15, 0.2) is 0 Å². The summed E-state index contributed by atoms with van der Waals surface area (Å²) in [5, 5.41) is 11.9. The Morgan fingerprint density at radius 1 is 0.490 bits per heavy atom. The van der Waals surface area contributed by atoms with Gasteiger partial charge in [-0.25, -0.2) is 4.79 Å². The van der Waals surface area contributed by atoms with E-state index in [0.717, 1.165) is 64.2 Å². The van der Waals surface area contributed by atoms with E-state index in [9.17, 15) is 19.5 Å². The van der Waals surface area contributed by atoms with Crippen molar-refractivity contribution in [3.8, 4) is 0 Å². The predicted molar refractivity (Wildman–Crippen MR) is 216 cm³/mol. The molecule has 0 bridgehead atoms. The lowest BCUT2D eigenvalue weighted by atomic mass is 10.0. The van der Waals surface area contributed by atoms with Gasteiger partial charge in [-0.2, -0.15) is 0 Å². The van der Waals surface area contributed by atoms with Crippen LogP contribution >= 0.6 is 0 Å². The average Bonchev–Trinajstić information content (AvgIpc) is 3.11. The highest BCUT2D eigenvalue weighted by Gasteiger charge is 2.19. The fraction of sp³-hybridized carbons (Fsp3) is 0.932. The van der Waals surface area contributed by atoms with E-state index in [4.69, 9.17) is 10.5 Å². The van der Waals surface area contributed by atoms with Gasteiger partial charge in [-0.3, -0.25) is 9.59 Å². The molecule has 2 unspecified atom stereocenters. The van der Waals surface area contributed by atoms with Gasteiger partial charge >= 0.3 is 11.9 Å². The van der Waals surface area contributed by atoms with Crippen molar-refractivity contribution in [2.45, 2.75) is 257 Å². The van der Waals surface area contributed by atoms with Gasteiger partial charge in [0.15, 0.2) is 0 Å². The number of rotatable bonds is 41. The second-order valence-electron chi connectivity index (χ2n) is 15.5. The smallest absolute Gasteiger partial charge is 0.326 e. The molecular weight excluding hydrogens is 636 g/mol. The van der Waals surface area contributed by atoms with E-state index in [1.54, 1.807) is 0 Å². The van der Waals surface area contributed by atoms with Crippen molar-refractivity contribution in [2.75, 3.05) is 6.54 Å². The highest BCUT2D eigenvalue weighted by atomic mass is 16.5. The highest BCUT2D eigenvalue weighted by molar-refractivity contribution is 5.83. The van der Waals surface area contributed by atoms with Crippen molar-refractivity contribution >= 4 is 17.8 Å². The standard InChI is InChI=1S/C44H86N2O5/c1-3-5-7-9-11-13-14-15-16-17-18-19-21-23-28-32-38-43(48)51-40(34-29-25-22-20-12-10-8-6-4-2)35-30-26-24-27-31-37-42(47)46-41(44(49)50)36-33-39-45/h40-41H,3-39,45H2,1-2H3,(H,46,47)(H,49,50). The van der Waals surface area contributed by atoms with Crippen molar-refractivity contribution in [1.29, 1.82) is 0 Å². The number of nitrogens with two attached hydrogens (primary N) is 1. The maximum Gasteiger partial charge on any atom is 0.326 e. The average molecular weight is 723 g/mol. The van der Waals surface area contributed by atoms with Crippen LogP contribution in [0, 0.1) is 0 Å². The molecule has 0 aromatic heterocycles. The lowest BCUT2D eigenvalue weighted by Crippen LogP contribution is -2.40. The molecule has 302 valence electrons. The van der Waals surface area contributed by atoms with Crippen LogP contribution in [0.1, 0.15) is 245 Å². The molecule has 0 saturated heterocycles. The Balaban J connectivity index is 4.18. The highest BCUT2D eigenvalue weighted by Crippen LogP contribution is 2.19. The van der Waals surface area contributed by atoms with Crippen molar-refractivity contribution in [3.05, 3.63) is 0 Å². The molecular formula is C44H86N2O5. The Bertz CT molecular complexity index is 777. The Hall–Kier alpha value is -1.63. The van der Waals surface area contributed by atoms with Crippen molar-refractivity contribution in [1.82, 2.24) is 5.32 Å². The molecule has 51 heavy (non-hydrogen) atoms. The topological polar surface area (TPSA) is 119 Å². The molecule has 1 amide bonds. The van der Waals surface area contributed by atoms with E-state index < -0.39 is 12.0 Å². The van der Waals surface area contributed by atoms with Crippen molar-refractivity contribution in [2.24, 2.45) is 5.73 Å². The van der Waals surface area contributed by atoms with Crippen LogP contribution in [0.4, 0.5) is 0 Å². The summed E-state index contributed by atoms with van der Waals surface area (Å²) in [6.07, 6.45) is 41.5. The molecule has 0 aliphatic heterocycles. The number of carboxylic acids is 1. The lowest BCUT2D eigenvalue weighted by Gasteiger charge is -2.18. The van der Waals surface area contributed by atoms with E-state index in [1.165, 1.54) is 141 Å². The van der Waals surface area contributed by atoms with Gasteiger partial charge in [0, 0.05) is 12.8 Å². The van der Waals surface area contributed by atoms with Crippen molar-refractivity contribution < 1.29 is 24.2 Å². The SMILES string of the molecule is CCCCCCCCCCCCCCCCCCC(=O)OC(CCCCCCCCCCC)CCCCCCCC(=O)NC(CCCN)C(=O)O. The third kappa shape index (κ3) is 36.5. The molecule has 0 radical (unpaired) electrons. The molecule has 2 atom stereocenters. The van der Waals surface area contributed by atoms with Gasteiger partial charge < -0.3 is 20.9 Å². The molecule has 7 nitrogen and oxygen atoms in total. The number of carbonyl (C=O) groups excluding carboxylic acids is 2. The fourth-order valence-electron chi connectivity index (χ4n) is 7.04. The number of nitrogens with one attached hydrogen (secondary N) is 1. The maximum atomic E-state index is 12.8. The van der Waals surface area contributed by atoms with E-state index in [2.05, 4.69) is 19.2 Å². The number of aliphatic carboxylic acids is 1. The first-order valence-corrected chi connectivity index (χ1v) is 22.4. The van der Waals surface area contributed by atoms with Crippen LogP contribution in [0.3, 0.4) is 0 Å². The zero-order chi connectivity index (χ0) is 37.5. The van der Waals surface area contributed by atoms with Crippen LogP contribution in [0.25, 0.3) is 0 Å². The van der Waals surface area contributed by atoms with Gasteiger partial charge in [0.25, 0.3) is 0 Å². The van der Waals surface area contributed by atoms with Crippen LogP contribution in [0.2, 0.25) is 0 Å². The number of hydrogen-bond acceptors (Lipinski definition) is 5. The summed E-state index contributed by atoms with van der Waals surface area (Å²) >= 11 is 0. The number of amides is 1. The van der Waals surface area contributed by atoms with E-state index in [-0.39, 0.29) is 18.0 Å². The number of carboxylic acid groups (broad SMARTS) is 1. The molecule has 0 heterocycles. The van der Waals surface area contributed by atoms with Gasteiger partial charge in [-0.15, -0.1) is 0 Å². The van der Waals surface area contributed by atoms with Gasteiger partial charge in [0.1, 0.15) is 12.1 Å². The predicted octanol–water partition coefficient (Wildman–Crippen LogP) is 12.5. The molecule has 0 rings (SSSR count). The Labute approximate surface area is 316 Å². The maximum absolute atomic E-state index is 12.8. The summed E-state index contributed by atoms with van der Waals surface area (Å²) in [5.74, 6) is -1.21. The minimum atomic E-state index is -1.00. The third-order valence-corrected chi connectivity index (χ3v) is 10.4. The molecule has 7 heteroatoms. The van der Waals surface area contributed by atoms with Crippen LogP contribution < -0.4 is 11.1 Å². The zero-order valence-corrected chi connectivity index (χ0v) is 34.0. The Morgan fingerprint density at radius 2 is 0.843 bits per heavy atom. The second kappa shape index (κ2) is 39.6. The monoisotopic (exact) mass is 723 g/mol. The normalized spacial score (nSPS) is 12.5. The minimum Gasteiger partial charge on any atom is -0.480 e. The Morgan fingerprint density at radius 3 is 1.22 bits per heavy atom. The van der Waals surface area contributed by atoms with Crippen molar-refractivity contribution in [3.63, 3.8) is 0 Å². The molecule has 0 aliphatic carbocycles. The molecule has 0 saturated carbocycles. The molecule has 0 spiro atoms. The summed E-state index contributed by atoms with van der Waals surface area (Å²) in [4.78, 5) is 36.3. The largest absolute Gasteiger partial charge is 0.480 e. The quantitative estimate of drug-likeness (QED) is 0.0427. The molecule has 0 fully saturated rings. The van der Waals surface area contributed by atoms with Crippen LogP contribution in [-0.2, 0) is 19.1 Å². The third-order valence-electron chi connectivity index (χ3n) is 10.4. The first kappa shape index (κ1) is 49.4. The van der Waals surface area contributed by atoms with Gasteiger partial charge in [0.2, 0.25) is 5.91 Å².